The molecule has 0 aliphatic rings. The Bertz CT molecular complexity index is 1220. The average molecular weight is 399 g/mol. The lowest BCUT2D eigenvalue weighted by molar-refractivity contribution is 0.598. The number of nitrogens with one attached hydrogen (secondary N) is 1. The molecular formula is C18H13ClN5O2S. The lowest BCUT2D eigenvalue weighted by Crippen LogP contribution is -2.15. The Morgan fingerprint density at radius 1 is 1.15 bits per heavy atom. The predicted molar refractivity (Wildman–Crippen MR) is 104 cm³/mol. The zero-order chi connectivity index (χ0) is 19.0. The second-order valence-corrected chi connectivity index (χ2v) is 7.68. The van der Waals surface area contributed by atoms with Crippen LogP contribution in [-0.4, -0.2) is 23.6 Å². The number of nitrogens with zero attached hydrogens (tertiary/aromatic N) is 3. The molecular weight excluding hydrogens is 386 g/mol. The van der Waals surface area contributed by atoms with Crippen LogP contribution in [-0.2, 0) is 10.0 Å². The van der Waals surface area contributed by atoms with Gasteiger partial charge < -0.3 is 0 Å². The van der Waals surface area contributed by atoms with Gasteiger partial charge in [0.05, 0.1) is 16.7 Å². The normalized spacial score (nSPS) is 11.6. The van der Waals surface area contributed by atoms with Crippen molar-refractivity contribution in [2.45, 2.75) is 4.90 Å². The molecule has 9 heteroatoms. The number of pyridine rings is 1. The molecule has 0 saturated carbocycles. The van der Waals surface area contributed by atoms with Gasteiger partial charge in [-0.1, -0.05) is 11.6 Å². The number of anilines is 3. The third-order valence-corrected chi connectivity index (χ3v) is 5.36. The van der Waals surface area contributed by atoms with Crippen molar-refractivity contribution in [3.8, 4) is 0 Å². The minimum absolute atomic E-state index is 0.0511. The van der Waals surface area contributed by atoms with Crippen LogP contribution in [0.4, 0.5) is 17.2 Å². The van der Waals surface area contributed by atoms with E-state index in [2.05, 4.69) is 21.2 Å². The number of rotatable bonds is 4. The Balaban J connectivity index is 1.94. The number of fused-ring (bicyclic) bond motifs is 1. The second-order valence-electron chi connectivity index (χ2n) is 5.74. The maximum Gasteiger partial charge on any atom is 0.239 e. The zero-order valence-corrected chi connectivity index (χ0v) is 15.4. The van der Waals surface area contributed by atoms with Crippen LogP contribution < -0.4 is 10.0 Å². The molecule has 4 rings (SSSR count). The van der Waals surface area contributed by atoms with Gasteiger partial charge in [0.15, 0.2) is 0 Å². The van der Waals surface area contributed by atoms with Crippen LogP contribution in [0, 0.1) is 6.07 Å². The summed E-state index contributed by atoms with van der Waals surface area (Å²) >= 11 is 6.03. The molecule has 0 unspecified atom stereocenters. The van der Waals surface area contributed by atoms with Gasteiger partial charge in [0.1, 0.15) is 10.7 Å². The predicted octanol–water partition coefficient (Wildman–Crippen LogP) is 3.53. The summed E-state index contributed by atoms with van der Waals surface area (Å²) in [4.78, 5) is 5.94. The molecule has 0 spiro atoms. The number of benzene rings is 2. The van der Waals surface area contributed by atoms with Crippen molar-refractivity contribution in [3.05, 3.63) is 72.0 Å². The number of primary sulfonamides is 1. The quantitative estimate of drug-likeness (QED) is 0.547. The molecule has 3 N–H and O–H groups in total. The molecule has 2 aromatic carbocycles. The molecule has 2 aromatic heterocycles. The summed E-state index contributed by atoms with van der Waals surface area (Å²) in [5.74, 6) is 0.485. The summed E-state index contributed by atoms with van der Waals surface area (Å²) in [6.07, 6.45) is 3.35. The SMILES string of the molecule is NS(=O)(=O)c1cc(N(c2ccc3cn[nH]c3c2)c2[c]cccn2)ccc1Cl. The van der Waals surface area contributed by atoms with Crippen molar-refractivity contribution in [1.82, 2.24) is 15.2 Å². The van der Waals surface area contributed by atoms with Crippen LogP contribution in [0.25, 0.3) is 10.9 Å². The van der Waals surface area contributed by atoms with Gasteiger partial charge in [-0.25, -0.2) is 18.5 Å². The number of aromatic amines is 1. The minimum atomic E-state index is -3.99. The molecule has 0 aliphatic heterocycles. The highest BCUT2D eigenvalue weighted by atomic mass is 35.5. The van der Waals surface area contributed by atoms with Gasteiger partial charge in [-0.05, 0) is 48.5 Å². The van der Waals surface area contributed by atoms with Crippen LogP contribution in [0.1, 0.15) is 0 Å². The summed E-state index contributed by atoms with van der Waals surface area (Å²) in [7, 11) is -3.99. The number of sulfonamides is 1. The molecule has 27 heavy (non-hydrogen) atoms. The molecule has 0 aliphatic carbocycles. The van der Waals surface area contributed by atoms with Crippen molar-refractivity contribution in [2.75, 3.05) is 4.90 Å². The van der Waals surface area contributed by atoms with Crippen molar-refractivity contribution < 1.29 is 8.42 Å². The lowest BCUT2D eigenvalue weighted by atomic mass is 10.2. The topological polar surface area (TPSA) is 105 Å². The van der Waals surface area contributed by atoms with Gasteiger partial charge >= 0.3 is 0 Å². The fourth-order valence-corrected chi connectivity index (χ4v) is 3.81. The highest BCUT2D eigenvalue weighted by molar-refractivity contribution is 7.89. The van der Waals surface area contributed by atoms with E-state index in [4.69, 9.17) is 16.7 Å². The monoisotopic (exact) mass is 398 g/mol. The first-order valence-corrected chi connectivity index (χ1v) is 9.74. The first-order valence-electron chi connectivity index (χ1n) is 7.82. The molecule has 4 aromatic rings. The average Bonchev–Trinajstić information content (AvgIpc) is 3.11. The number of nitrogens with two attached hydrogens (primary N) is 1. The van der Waals surface area contributed by atoms with Crippen molar-refractivity contribution in [3.63, 3.8) is 0 Å². The summed E-state index contributed by atoms with van der Waals surface area (Å²) in [6.45, 7) is 0. The molecule has 0 atom stereocenters. The summed E-state index contributed by atoms with van der Waals surface area (Å²) in [5, 5.41) is 13.2. The van der Waals surface area contributed by atoms with Crippen LogP contribution >= 0.6 is 11.6 Å². The Morgan fingerprint density at radius 2 is 1.93 bits per heavy atom. The molecule has 135 valence electrons. The maximum absolute atomic E-state index is 11.9. The van der Waals surface area contributed by atoms with E-state index in [1.165, 1.54) is 12.1 Å². The molecule has 7 nitrogen and oxygen atoms in total. The third kappa shape index (κ3) is 3.37. The van der Waals surface area contributed by atoms with Crippen LogP contribution in [0.2, 0.25) is 5.02 Å². The van der Waals surface area contributed by atoms with E-state index in [0.29, 0.717) is 11.5 Å². The lowest BCUT2D eigenvalue weighted by Gasteiger charge is -2.24. The fourth-order valence-electron chi connectivity index (χ4n) is 2.75. The van der Waals surface area contributed by atoms with Crippen LogP contribution in [0.3, 0.4) is 0 Å². The van der Waals surface area contributed by atoms with Gasteiger partial charge in [0, 0.05) is 29.0 Å². The number of H-pyrrole nitrogens is 1. The van der Waals surface area contributed by atoms with E-state index in [9.17, 15) is 8.42 Å². The van der Waals surface area contributed by atoms with E-state index < -0.39 is 10.0 Å². The van der Waals surface area contributed by atoms with E-state index in [-0.39, 0.29) is 9.92 Å². The van der Waals surface area contributed by atoms with Crippen molar-refractivity contribution in [1.29, 1.82) is 0 Å². The number of halogens is 1. The molecule has 1 radical (unpaired) electrons. The van der Waals surface area contributed by atoms with Gasteiger partial charge in [-0.3, -0.25) is 10.00 Å². The summed E-state index contributed by atoms with van der Waals surface area (Å²) < 4.78 is 23.8. The molecule has 2 heterocycles. The summed E-state index contributed by atoms with van der Waals surface area (Å²) in [6, 6.07) is 16.8. The van der Waals surface area contributed by atoms with Crippen molar-refractivity contribution >= 4 is 49.7 Å². The zero-order valence-electron chi connectivity index (χ0n) is 13.8. The Kier molecular flexibility index (Phi) is 4.31. The summed E-state index contributed by atoms with van der Waals surface area (Å²) in [5.41, 5.74) is 2.09. The smallest absolute Gasteiger partial charge is 0.239 e. The van der Waals surface area contributed by atoms with Gasteiger partial charge in [0.2, 0.25) is 10.0 Å². The third-order valence-electron chi connectivity index (χ3n) is 3.97. The van der Waals surface area contributed by atoms with E-state index in [0.717, 1.165) is 16.6 Å². The van der Waals surface area contributed by atoms with Gasteiger partial charge in [-0.2, -0.15) is 5.10 Å². The first-order chi connectivity index (χ1) is 12.9. The molecule has 0 saturated heterocycles. The fraction of sp³-hybridized carbons (Fsp3) is 0. The van der Waals surface area contributed by atoms with Gasteiger partial charge in [-0.15, -0.1) is 0 Å². The number of aromatic nitrogens is 3. The number of hydrogen-bond acceptors (Lipinski definition) is 5. The van der Waals surface area contributed by atoms with Crippen LogP contribution in [0.15, 0.2) is 65.8 Å². The minimum Gasteiger partial charge on any atom is -0.294 e. The molecule has 0 fully saturated rings. The van der Waals surface area contributed by atoms with Crippen LogP contribution in [0.5, 0.6) is 0 Å². The standard InChI is InChI=1S/C18H13ClN5O2S/c19-15-7-6-14(10-17(15)27(20,25)26)24(18-3-1-2-8-21-18)13-5-4-12-11-22-23-16(12)9-13/h1-2,4-11H,(H,22,23)(H2,20,25,26). The van der Waals surface area contributed by atoms with E-state index >= 15 is 0 Å². The molecule has 0 bridgehead atoms. The Hall–Kier alpha value is -2.94. The molecule has 0 amide bonds. The Labute approximate surface area is 160 Å². The maximum atomic E-state index is 11.9. The highest BCUT2D eigenvalue weighted by Gasteiger charge is 2.19. The van der Waals surface area contributed by atoms with E-state index in [1.54, 1.807) is 35.5 Å². The highest BCUT2D eigenvalue weighted by Crippen LogP contribution is 2.36. The van der Waals surface area contributed by atoms with E-state index in [1.807, 2.05) is 18.2 Å². The Morgan fingerprint density at radius 3 is 2.67 bits per heavy atom. The van der Waals surface area contributed by atoms with Gasteiger partial charge in [0.25, 0.3) is 0 Å². The largest absolute Gasteiger partial charge is 0.294 e. The second kappa shape index (κ2) is 6.66. The van der Waals surface area contributed by atoms with Crippen molar-refractivity contribution in [2.24, 2.45) is 5.14 Å². The first kappa shape index (κ1) is 17.5. The number of hydrogen-bond donors (Lipinski definition) is 2.